The summed E-state index contributed by atoms with van der Waals surface area (Å²) in [5.41, 5.74) is 6.07. The Morgan fingerprint density at radius 2 is 1.41 bits per heavy atom. The third kappa shape index (κ3) is 28.2. The van der Waals surface area contributed by atoms with Gasteiger partial charge in [0.2, 0.25) is 0 Å². The zero-order valence-corrected chi connectivity index (χ0v) is 29.5. The number of hydrogen-bond acceptors (Lipinski definition) is 8. The average molecular weight is 650 g/mol. The van der Waals surface area contributed by atoms with E-state index in [9.17, 15) is 19.0 Å². The largest absolute Gasteiger partial charge is 0.472 e. The molecule has 0 radical (unpaired) electrons. The number of phosphoric acid groups is 1. The molecule has 0 amide bonds. The van der Waals surface area contributed by atoms with Crippen LogP contribution in [0.15, 0.2) is 12.2 Å². The monoisotopic (exact) mass is 649 g/mol. The summed E-state index contributed by atoms with van der Waals surface area (Å²) in [5.74, 6) is -1.07. The molecule has 0 aliphatic carbocycles. The molecule has 0 bridgehead atoms. The average Bonchev–Trinajstić information content (AvgIpc) is 2.95. The van der Waals surface area contributed by atoms with Crippen molar-refractivity contribution in [3.63, 3.8) is 0 Å². The zero-order valence-electron chi connectivity index (χ0n) is 28.6. The van der Waals surface area contributed by atoms with Gasteiger partial charge in [-0.05, 0) is 32.1 Å². The maximum atomic E-state index is 12.7. The van der Waals surface area contributed by atoms with Gasteiger partial charge in [-0.1, -0.05) is 103 Å². The Morgan fingerprint density at radius 3 is 2.02 bits per heavy atom. The van der Waals surface area contributed by atoms with Crippen LogP contribution >= 0.6 is 7.82 Å². The van der Waals surface area contributed by atoms with Crippen molar-refractivity contribution in [3.8, 4) is 0 Å². The second-order valence-corrected chi connectivity index (χ2v) is 14.2. The molecule has 0 aliphatic heterocycles. The maximum Gasteiger partial charge on any atom is 0.472 e. The Hall–Kier alpha value is -1.29. The lowest BCUT2D eigenvalue weighted by Crippen LogP contribution is -2.38. The Labute approximate surface area is 268 Å². The number of nitrogens with two attached hydrogens (primary N) is 1. The molecule has 0 heterocycles. The van der Waals surface area contributed by atoms with Gasteiger partial charge in [0, 0.05) is 6.42 Å². The summed E-state index contributed by atoms with van der Waals surface area (Å²) in [6, 6.07) is -0.846. The first-order valence-corrected chi connectivity index (χ1v) is 18.6. The third-order valence-corrected chi connectivity index (χ3v) is 8.21. The number of likely N-dealkylation sites (N-methyl/N-ethyl adjacent to an activating group) is 1. The van der Waals surface area contributed by atoms with E-state index >= 15 is 0 Å². The molecule has 0 fully saturated rings. The topological polar surface area (TPSA) is 134 Å². The molecule has 1 unspecified atom stereocenters. The molecule has 0 aromatic heterocycles. The highest BCUT2D eigenvalue weighted by Crippen LogP contribution is 2.43. The summed E-state index contributed by atoms with van der Waals surface area (Å²) in [5, 5.41) is 0. The highest BCUT2D eigenvalue weighted by molar-refractivity contribution is 7.47. The first-order chi connectivity index (χ1) is 20.9. The van der Waals surface area contributed by atoms with Crippen LogP contribution in [0, 0.1) is 0 Å². The van der Waals surface area contributed by atoms with Crippen LogP contribution in [-0.4, -0.2) is 81.0 Å². The van der Waals surface area contributed by atoms with Crippen LogP contribution in [-0.2, 0) is 32.7 Å². The molecule has 0 saturated carbocycles. The van der Waals surface area contributed by atoms with Crippen LogP contribution in [0.5, 0.6) is 0 Å². The SMILES string of the molecule is CC/C=C/CCCCCC[C@@H](N)C(=O)O[C@@H](COC(=O)CCCCCCCCCCCC)COP(=O)(O)OCC[N+](C)(C)C. The van der Waals surface area contributed by atoms with Crippen LogP contribution in [0.1, 0.15) is 129 Å². The lowest BCUT2D eigenvalue weighted by atomic mass is 10.1. The third-order valence-electron chi connectivity index (χ3n) is 7.23. The van der Waals surface area contributed by atoms with Gasteiger partial charge in [-0.2, -0.15) is 0 Å². The fourth-order valence-electron chi connectivity index (χ4n) is 4.41. The molecule has 0 saturated heterocycles. The summed E-state index contributed by atoms with van der Waals surface area (Å²) in [6.45, 7) is 4.08. The van der Waals surface area contributed by atoms with Crippen molar-refractivity contribution < 1.29 is 42.1 Å². The number of quaternary nitrogens is 1. The van der Waals surface area contributed by atoms with Crippen molar-refractivity contribution in [2.75, 3.05) is 47.5 Å². The molecule has 0 spiro atoms. The summed E-state index contributed by atoms with van der Waals surface area (Å²) in [6.07, 6.45) is 21.6. The molecule has 0 aromatic rings. The minimum absolute atomic E-state index is 0.00927. The molecule has 0 aliphatic rings. The van der Waals surface area contributed by atoms with Gasteiger partial charge in [-0.3, -0.25) is 18.6 Å². The number of carbonyl (C=O) groups is 2. The van der Waals surface area contributed by atoms with E-state index in [1.54, 1.807) is 0 Å². The lowest BCUT2D eigenvalue weighted by molar-refractivity contribution is -0.870. The molecule has 0 rings (SSSR count). The summed E-state index contributed by atoms with van der Waals surface area (Å²) in [4.78, 5) is 35.2. The number of phosphoric ester groups is 1. The molecule has 11 heteroatoms. The van der Waals surface area contributed by atoms with Crippen molar-refractivity contribution in [3.05, 3.63) is 12.2 Å². The molecule has 3 N–H and O–H groups in total. The first-order valence-electron chi connectivity index (χ1n) is 17.1. The first kappa shape index (κ1) is 42.7. The van der Waals surface area contributed by atoms with Crippen molar-refractivity contribution in [2.45, 2.75) is 142 Å². The van der Waals surface area contributed by atoms with Crippen molar-refractivity contribution in [2.24, 2.45) is 5.73 Å². The number of carbonyl (C=O) groups excluding carboxylic acids is 2. The Morgan fingerprint density at radius 1 is 0.818 bits per heavy atom. The number of rotatable bonds is 30. The quantitative estimate of drug-likeness (QED) is 0.0272. The van der Waals surface area contributed by atoms with E-state index in [1.807, 2.05) is 21.1 Å². The van der Waals surface area contributed by atoms with E-state index in [1.165, 1.54) is 44.9 Å². The predicted octanol–water partition coefficient (Wildman–Crippen LogP) is 7.23. The van der Waals surface area contributed by atoms with Crippen molar-refractivity contribution in [1.29, 1.82) is 0 Å². The van der Waals surface area contributed by atoms with Gasteiger partial charge in [0.25, 0.3) is 0 Å². The fraction of sp³-hybridized carbons (Fsp3) is 0.879. The standard InChI is InChI=1S/C33H65N2O8P/c1-6-8-10-12-14-16-17-19-21-23-25-32(36)40-28-30(29-42-44(38,39)41-27-26-35(3,4)5)43-33(37)31(34)24-22-20-18-15-13-11-9-7-2/h9,11,30-31H,6-8,10,12-29,34H2,1-5H3/p+1/b11-9+/t30-,31+/m0/s1. The van der Waals surface area contributed by atoms with Crippen LogP contribution in [0.3, 0.4) is 0 Å². The Kier molecular flexibility index (Phi) is 26.1. The zero-order chi connectivity index (χ0) is 33.1. The van der Waals surface area contributed by atoms with Crippen LogP contribution in [0.25, 0.3) is 0 Å². The second-order valence-electron chi connectivity index (χ2n) is 12.8. The summed E-state index contributed by atoms with van der Waals surface area (Å²) < 4.78 is 33.9. The van der Waals surface area contributed by atoms with Crippen LogP contribution in [0.2, 0.25) is 0 Å². The van der Waals surface area contributed by atoms with Crippen LogP contribution in [0.4, 0.5) is 0 Å². The highest BCUT2D eigenvalue weighted by Gasteiger charge is 2.28. The smallest absolute Gasteiger partial charge is 0.462 e. The van der Waals surface area contributed by atoms with Gasteiger partial charge in [-0.25, -0.2) is 4.57 Å². The van der Waals surface area contributed by atoms with E-state index < -0.39 is 38.5 Å². The maximum absolute atomic E-state index is 12.7. The molecular weight excluding hydrogens is 583 g/mol. The second kappa shape index (κ2) is 26.9. The predicted molar refractivity (Wildman–Crippen MR) is 177 cm³/mol. The van der Waals surface area contributed by atoms with Gasteiger partial charge in [-0.15, -0.1) is 0 Å². The fourth-order valence-corrected chi connectivity index (χ4v) is 5.15. The van der Waals surface area contributed by atoms with E-state index in [4.69, 9.17) is 24.3 Å². The molecule has 260 valence electrons. The van der Waals surface area contributed by atoms with Gasteiger partial charge in [0.1, 0.15) is 25.8 Å². The number of ether oxygens (including phenoxy) is 2. The number of allylic oxidation sites excluding steroid dienone is 2. The normalized spacial score (nSPS) is 14.8. The molecule has 10 nitrogen and oxygen atoms in total. The molecule has 0 aromatic carbocycles. The number of hydrogen-bond donors (Lipinski definition) is 2. The van der Waals surface area contributed by atoms with Gasteiger partial charge in [0.05, 0.1) is 27.7 Å². The van der Waals surface area contributed by atoms with E-state index in [-0.39, 0.29) is 19.6 Å². The van der Waals surface area contributed by atoms with E-state index in [2.05, 4.69) is 26.0 Å². The van der Waals surface area contributed by atoms with Crippen molar-refractivity contribution in [1.82, 2.24) is 0 Å². The number of esters is 2. The molecule has 3 atom stereocenters. The number of unbranched alkanes of at least 4 members (excludes halogenated alkanes) is 13. The lowest BCUT2D eigenvalue weighted by Gasteiger charge is -2.24. The van der Waals surface area contributed by atoms with E-state index in [0.717, 1.165) is 57.8 Å². The van der Waals surface area contributed by atoms with Gasteiger partial charge < -0.3 is 24.6 Å². The molecule has 44 heavy (non-hydrogen) atoms. The van der Waals surface area contributed by atoms with Crippen LogP contribution < -0.4 is 5.73 Å². The van der Waals surface area contributed by atoms with E-state index in [0.29, 0.717) is 17.4 Å². The Balaban J connectivity index is 4.65. The minimum Gasteiger partial charge on any atom is -0.462 e. The minimum atomic E-state index is -4.40. The number of nitrogens with zero attached hydrogens (tertiary/aromatic N) is 1. The van der Waals surface area contributed by atoms with Crippen molar-refractivity contribution >= 4 is 19.8 Å². The van der Waals surface area contributed by atoms with Gasteiger partial charge >= 0.3 is 19.8 Å². The van der Waals surface area contributed by atoms with Gasteiger partial charge in [0.15, 0.2) is 6.10 Å². The molecular formula is C33H66N2O8P+. The summed E-state index contributed by atoms with van der Waals surface area (Å²) >= 11 is 0. The highest BCUT2D eigenvalue weighted by atomic mass is 31.2. The summed E-state index contributed by atoms with van der Waals surface area (Å²) in [7, 11) is 1.39. The Bertz CT molecular complexity index is 803.